The summed E-state index contributed by atoms with van der Waals surface area (Å²) in [5, 5.41) is 14.5. The van der Waals surface area contributed by atoms with Crippen molar-refractivity contribution >= 4 is 28.4 Å². The van der Waals surface area contributed by atoms with E-state index in [0.29, 0.717) is 12.0 Å². The van der Waals surface area contributed by atoms with Crippen molar-refractivity contribution in [3.63, 3.8) is 0 Å². The lowest BCUT2D eigenvalue weighted by atomic mass is 9.77. The molecule has 1 aliphatic rings. The van der Waals surface area contributed by atoms with Gasteiger partial charge in [-0.1, -0.05) is 24.3 Å². The molecule has 5 N–H and O–H groups in total. The normalized spacial score (nSPS) is 16.2. The first-order chi connectivity index (χ1) is 15.6. The molecule has 1 heterocycles. The Kier molecular flexibility index (Phi) is 5.89. The number of hydrogen-bond donors (Lipinski definition) is 4. The van der Waals surface area contributed by atoms with Gasteiger partial charge in [0.2, 0.25) is 5.91 Å². The molecule has 1 aromatic heterocycles. The lowest BCUT2D eigenvalue weighted by Crippen LogP contribution is -2.34. The standard InChI is InChI=1S/C27H31N3O3/c1-5-7-23(31)29-21-9-6-8-17(15(21)2)18-12-13-20(26(28)32)25-24(18)19-11-10-16(27(3,4)33)14-22(19)30-25/h5-9,12-13,16,30,33H,10-11,14H2,1-4H3,(H2,28,32)(H,29,31). The van der Waals surface area contributed by atoms with E-state index >= 15 is 0 Å². The van der Waals surface area contributed by atoms with E-state index in [2.05, 4.69) is 10.3 Å². The van der Waals surface area contributed by atoms with Crippen LogP contribution < -0.4 is 11.1 Å². The van der Waals surface area contributed by atoms with Crippen LogP contribution in [0.3, 0.4) is 0 Å². The van der Waals surface area contributed by atoms with E-state index in [1.807, 2.05) is 45.0 Å². The summed E-state index contributed by atoms with van der Waals surface area (Å²) in [6.07, 6.45) is 5.57. The molecule has 2 amide bonds. The highest BCUT2D eigenvalue weighted by atomic mass is 16.3. The van der Waals surface area contributed by atoms with Gasteiger partial charge in [-0.15, -0.1) is 0 Å². The van der Waals surface area contributed by atoms with E-state index < -0.39 is 11.5 Å². The largest absolute Gasteiger partial charge is 0.390 e. The Balaban J connectivity index is 1.90. The predicted octanol–water partition coefficient (Wildman–Crippen LogP) is 4.63. The third kappa shape index (κ3) is 4.18. The van der Waals surface area contributed by atoms with Crippen LogP contribution in [0.4, 0.5) is 5.69 Å². The quantitative estimate of drug-likeness (QED) is 0.430. The minimum Gasteiger partial charge on any atom is -0.390 e. The molecule has 0 radical (unpaired) electrons. The van der Waals surface area contributed by atoms with E-state index in [-0.39, 0.29) is 11.8 Å². The molecular weight excluding hydrogens is 414 g/mol. The van der Waals surface area contributed by atoms with Gasteiger partial charge < -0.3 is 21.1 Å². The summed E-state index contributed by atoms with van der Waals surface area (Å²) in [5.74, 6) is -0.526. The van der Waals surface area contributed by atoms with Gasteiger partial charge in [0, 0.05) is 16.8 Å². The van der Waals surface area contributed by atoms with Crippen molar-refractivity contribution in [2.45, 2.75) is 52.6 Å². The first-order valence-electron chi connectivity index (χ1n) is 11.3. The average molecular weight is 446 g/mol. The van der Waals surface area contributed by atoms with E-state index in [9.17, 15) is 14.7 Å². The Morgan fingerprint density at radius 1 is 1.21 bits per heavy atom. The summed E-state index contributed by atoms with van der Waals surface area (Å²) in [4.78, 5) is 27.8. The number of hydrogen-bond acceptors (Lipinski definition) is 3. The maximum atomic E-state index is 12.2. The molecule has 3 aromatic rings. The fraction of sp³-hybridized carbons (Fsp3) is 0.333. The molecule has 4 rings (SSSR count). The van der Waals surface area contributed by atoms with E-state index in [1.54, 1.807) is 19.1 Å². The summed E-state index contributed by atoms with van der Waals surface area (Å²) in [5.41, 5.74) is 12.0. The first-order valence-corrected chi connectivity index (χ1v) is 11.3. The van der Waals surface area contributed by atoms with Gasteiger partial charge in [-0.2, -0.15) is 0 Å². The molecule has 0 saturated heterocycles. The van der Waals surface area contributed by atoms with Crippen molar-refractivity contribution in [1.29, 1.82) is 0 Å². The molecule has 172 valence electrons. The summed E-state index contributed by atoms with van der Waals surface area (Å²) >= 11 is 0. The summed E-state index contributed by atoms with van der Waals surface area (Å²) in [6.45, 7) is 7.49. The zero-order valence-electron chi connectivity index (χ0n) is 19.6. The van der Waals surface area contributed by atoms with Gasteiger partial charge >= 0.3 is 0 Å². The van der Waals surface area contributed by atoms with Crippen molar-refractivity contribution in [2.75, 3.05) is 5.32 Å². The van der Waals surface area contributed by atoms with E-state index in [1.165, 1.54) is 11.6 Å². The predicted molar refractivity (Wildman–Crippen MR) is 132 cm³/mol. The van der Waals surface area contributed by atoms with Crippen molar-refractivity contribution in [3.8, 4) is 11.1 Å². The van der Waals surface area contributed by atoms with Crippen LogP contribution >= 0.6 is 0 Å². The second-order valence-corrected chi connectivity index (χ2v) is 9.42. The smallest absolute Gasteiger partial charge is 0.250 e. The van der Waals surface area contributed by atoms with Crippen LogP contribution in [-0.2, 0) is 17.6 Å². The molecule has 0 saturated carbocycles. The lowest BCUT2D eigenvalue weighted by molar-refractivity contribution is -0.111. The van der Waals surface area contributed by atoms with Gasteiger partial charge in [0.25, 0.3) is 5.91 Å². The number of benzene rings is 2. The third-order valence-electron chi connectivity index (χ3n) is 6.81. The molecule has 6 heteroatoms. The van der Waals surface area contributed by atoms with Gasteiger partial charge in [0.15, 0.2) is 0 Å². The number of aromatic amines is 1. The van der Waals surface area contributed by atoms with E-state index in [4.69, 9.17) is 5.73 Å². The number of allylic oxidation sites excluding steroid dienone is 1. The minimum absolute atomic E-state index is 0.130. The second-order valence-electron chi connectivity index (χ2n) is 9.42. The molecule has 0 aliphatic heterocycles. The number of H-pyrrole nitrogens is 1. The zero-order valence-corrected chi connectivity index (χ0v) is 19.6. The maximum absolute atomic E-state index is 12.2. The highest BCUT2D eigenvalue weighted by Gasteiger charge is 2.33. The topological polar surface area (TPSA) is 108 Å². The molecule has 1 unspecified atom stereocenters. The number of amides is 2. The SMILES string of the molecule is CC=CC(=O)Nc1cccc(-c2ccc(C(N)=O)c3[nH]c4c(c23)CCC(C(C)(C)O)C4)c1C. The van der Waals surface area contributed by atoms with Crippen LogP contribution in [0.5, 0.6) is 0 Å². The van der Waals surface area contributed by atoms with E-state index in [0.717, 1.165) is 51.8 Å². The van der Waals surface area contributed by atoms with Crippen molar-refractivity contribution in [2.24, 2.45) is 11.7 Å². The number of aliphatic hydroxyl groups is 1. The maximum Gasteiger partial charge on any atom is 0.250 e. The molecule has 33 heavy (non-hydrogen) atoms. The highest BCUT2D eigenvalue weighted by Crippen LogP contribution is 2.42. The number of nitrogens with two attached hydrogens (primary N) is 1. The number of anilines is 1. The van der Waals surface area contributed by atoms with Crippen molar-refractivity contribution < 1.29 is 14.7 Å². The molecule has 6 nitrogen and oxygen atoms in total. The number of rotatable bonds is 5. The number of aryl methyl sites for hydroxylation is 1. The summed E-state index contributed by atoms with van der Waals surface area (Å²) < 4.78 is 0. The van der Waals surface area contributed by atoms with Crippen molar-refractivity contribution in [1.82, 2.24) is 4.98 Å². The molecular formula is C27H31N3O3. The van der Waals surface area contributed by atoms with Gasteiger partial charge in [0.1, 0.15) is 0 Å². The summed E-state index contributed by atoms with van der Waals surface area (Å²) in [7, 11) is 0. The Bertz CT molecular complexity index is 1280. The fourth-order valence-corrected chi connectivity index (χ4v) is 4.96. The van der Waals surface area contributed by atoms with Crippen LogP contribution in [0.1, 0.15) is 54.4 Å². The fourth-order valence-electron chi connectivity index (χ4n) is 4.96. The zero-order chi connectivity index (χ0) is 23.9. The number of primary amides is 1. The number of fused-ring (bicyclic) bond motifs is 3. The Morgan fingerprint density at radius 3 is 2.64 bits per heavy atom. The second kappa shape index (κ2) is 8.52. The lowest BCUT2D eigenvalue weighted by Gasteiger charge is -2.32. The number of nitrogens with one attached hydrogen (secondary N) is 2. The number of carbonyl (C=O) groups is 2. The number of aromatic nitrogens is 1. The first kappa shape index (κ1) is 22.8. The van der Waals surface area contributed by atoms with Crippen LogP contribution in [0.15, 0.2) is 42.5 Å². The molecule has 0 spiro atoms. The van der Waals surface area contributed by atoms with Gasteiger partial charge in [-0.25, -0.2) is 0 Å². The third-order valence-corrected chi connectivity index (χ3v) is 6.81. The van der Waals surface area contributed by atoms with Crippen LogP contribution in [0.25, 0.3) is 22.0 Å². The Morgan fingerprint density at radius 2 is 1.97 bits per heavy atom. The summed E-state index contributed by atoms with van der Waals surface area (Å²) in [6, 6.07) is 9.54. The Hall–Kier alpha value is -3.38. The minimum atomic E-state index is -0.777. The molecule has 1 aliphatic carbocycles. The molecule has 0 fully saturated rings. The monoisotopic (exact) mass is 445 g/mol. The highest BCUT2D eigenvalue weighted by molar-refractivity contribution is 6.11. The Labute approximate surface area is 193 Å². The molecule has 2 aromatic carbocycles. The number of carbonyl (C=O) groups excluding carboxylic acids is 2. The van der Waals surface area contributed by atoms with Crippen LogP contribution in [0, 0.1) is 12.8 Å². The van der Waals surface area contributed by atoms with Gasteiger partial charge in [-0.3, -0.25) is 9.59 Å². The molecule has 0 bridgehead atoms. The van der Waals surface area contributed by atoms with Crippen LogP contribution in [0.2, 0.25) is 0 Å². The van der Waals surface area contributed by atoms with Gasteiger partial charge in [0.05, 0.1) is 16.7 Å². The van der Waals surface area contributed by atoms with Gasteiger partial charge in [-0.05, 0) is 93.3 Å². The van der Waals surface area contributed by atoms with Crippen LogP contribution in [-0.4, -0.2) is 27.5 Å². The molecule has 1 atom stereocenters. The average Bonchev–Trinajstić information content (AvgIpc) is 3.13. The van der Waals surface area contributed by atoms with Crippen molar-refractivity contribution in [3.05, 3.63) is 64.9 Å².